The van der Waals surface area contributed by atoms with E-state index in [0.717, 1.165) is 0 Å². The van der Waals surface area contributed by atoms with Crippen molar-refractivity contribution >= 4 is 17.4 Å². The lowest BCUT2D eigenvalue weighted by atomic mass is 10.1. The summed E-state index contributed by atoms with van der Waals surface area (Å²) in [5, 5.41) is 0.302. The summed E-state index contributed by atoms with van der Waals surface area (Å²) in [6.07, 6.45) is 1.05. The van der Waals surface area contributed by atoms with Crippen LogP contribution in [0.15, 0.2) is 18.2 Å². The molecule has 2 nitrogen and oxygen atoms in total. The van der Waals surface area contributed by atoms with Crippen LogP contribution in [-0.2, 0) is 11.2 Å². The predicted molar refractivity (Wildman–Crippen MR) is 58.4 cm³/mol. The Morgan fingerprint density at radius 1 is 1.47 bits per heavy atom. The molecule has 0 heterocycles. The van der Waals surface area contributed by atoms with Gasteiger partial charge in [-0.1, -0.05) is 17.7 Å². The molecule has 0 radical (unpaired) electrons. The van der Waals surface area contributed by atoms with Crippen molar-refractivity contribution in [2.75, 3.05) is 6.54 Å². The van der Waals surface area contributed by atoms with Gasteiger partial charge in [0, 0.05) is 23.4 Å². The third-order valence-corrected chi connectivity index (χ3v) is 2.45. The monoisotopic (exact) mass is 229 g/mol. The molecule has 0 saturated heterocycles. The largest absolute Gasteiger partial charge is 0.330 e. The standard InChI is InChI=1S/C11H13ClFNO/c12-10-4-1-5-11(13)9(10)7-8(15)3-2-6-14/h1,4-5H,2-3,6-7,14H2. The summed E-state index contributed by atoms with van der Waals surface area (Å²) in [6, 6.07) is 4.40. The van der Waals surface area contributed by atoms with Crippen LogP contribution in [0.3, 0.4) is 0 Å². The molecule has 0 unspecified atom stereocenters. The molecule has 0 aliphatic rings. The maximum Gasteiger partial charge on any atom is 0.137 e. The van der Waals surface area contributed by atoms with Gasteiger partial charge in [0.15, 0.2) is 0 Å². The number of benzene rings is 1. The highest BCUT2D eigenvalue weighted by Gasteiger charge is 2.11. The van der Waals surface area contributed by atoms with Gasteiger partial charge in [-0.25, -0.2) is 4.39 Å². The zero-order valence-corrected chi connectivity index (χ0v) is 9.06. The Labute approximate surface area is 93.2 Å². The van der Waals surface area contributed by atoms with Crippen molar-refractivity contribution in [1.29, 1.82) is 0 Å². The number of nitrogens with two attached hydrogens (primary N) is 1. The van der Waals surface area contributed by atoms with E-state index in [2.05, 4.69) is 0 Å². The van der Waals surface area contributed by atoms with Crippen LogP contribution in [0.2, 0.25) is 5.02 Å². The lowest BCUT2D eigenvalue weighted by Gasteiger charge is -2.04. The summed E-state index contributed by atoms with van der Waals surface area (Å²) >= 11 is 5.79. The van der Waals surface area contributed by atoms with Gasteiger partial charge in [0.05, 0.1) is 0 Å². The van der Waals surface area contributed by atoms with Crippen LogP contribution in [0.1, 0.15) is 18.4 Å². The lowest BCUT2D eigenvalue weighted by molar-refractivity contribution is -0.118. The van der Waals surface area contributed by atoms with Crippen molar-refractivity contribution in [3.63, 3.8) is 0 Å². The first-order chi connectivity index (χ1) is 7.15. The number of ketones is 1. The topological polar surface area (TPSA) is 43.1 Å². The van der Waals surface area contributed by atoms with E-state index in [9.17, 15) is 9.18 Å². The quantitative estimate of drug-likeness (QED) is 0.842. The molecule has 0 amide bonds. The smallest absolute Gasteiger partial charge is 0.137 e. The number of rotatable bonds is 5. The fraction of sp³-hybridized carbons (Fsp3) is 0.364. The second-order valence-corrected chi connectivity index (χ2v) is 3.72. The van der Waals surface area contributed by atoms with Crippen LogP contribution in [0.5, 0.6) is 0 Å². The Hall–Kier alpha value is -0.930. The van der Waals surface area contributed by atoms with Crippen LogP contribution in [0, 0.1) is 5.82 Å². The normalized spacial score (nSPS) is 10.3. The van der Waals surface area contributed by atoms with E-state index in [1.165, 1.54) is 12.1 Å². The van der Waals surface area contributed by atoms with E-state index in [4.69, 9.17) is 17.3 Å². The SMILES string of the molecule is NCCCC(=O)Cc1c(F)cccc1Cl. The Morgan fingerprint density at radius 3 is 2.80 bits per heavy atom. The van der Waals surface area contributed by atoms with E-state index in [0.29, 0.717) is 24.4 Å². The van der Waals surface area contributed by atoms with Gasteiger partial charge in [0.25, 0.3) is 0 Å². The highest BCUT2D eigenvalue weighted by atomic mass is 35.5. The third-order valence-electron chi connectivity index (χ3n) is 2.10. The summed E-state index contributed by atoms with van der Waals surface area (Å²) in [5.74, 6) is -0.462. The van der Waals surface area contributed by atoms with Gasteiger partial charge < -0.3 is 5.73 Å². The second-order valence-electron chi connectivity index (χ2n) is 3.31. The van der Waals surface area contributed by atoms with Crippen molar-refractivity contribution in [2.24, 2.45) is 5.73 Å². The third kappa shape index (κ3) is 3.61. The zero-order valence-electron chi connectivity index (χ0n) is 8.30. The summed E-state index contributed by atoms with van der Waals surface area (Å²) in [5.41, 5.74) is 5.56. The molecule has 0 aliphatic heterocycles. The molecular formula is C11H13ClFNO. The fourth-order valence-electron chi connectivity index (χ4n) is 1.29. The van der Waals surface area contributed by atoms with E-state index < -0.39 is 5.82 Å². The van der Waals surface area contributed by atoms with E-state index in [-0.39, 0.29) is 17.8 Å². The molecule has 0 bridgehead atoms. The molecular weight excluding hydrogens is 217 g/mol. The maximum absolute atomic E-state index is 13.3. The minimum absolute atomic E-state index is 0.0348. The maximum atomic E-state index is 13.3. The highest BCUT2D eigenvalue weighted by molar-refractivity contribution is 6.31. The average molecular weight is 230 g/mol. The van der Waals surface area contributed by atoms with E-state index in [1.54, 1.807) is 6.07 Å². The van der Waals surface area contributed by atoms with Crippen LogP contribution < -0.4 is 5.73 Å². The van der Waals surface area contributed by atoms with Gasteiger partial charge in [-0.2, -0.15) is 0 Å². The summed E-state index contributed by atoms with van der Waals surface area (Å²) in [6.45, 7) is 0.469. The van der Waals surface area contributed by atoms with Gasteiger partial charge in [-0.15, -0.1) is 0 Å². The number of hydrogen-bond acceptors (Lipinski definition) is 2. The molecule has 1 rings (SSSR count). The van der Waals surface area contributed by atoms with Gasteiger partial charge in [0.2, 0.25) is 0 Å². The number of carbonyl (C=O) groups excluding carboxylic acids is 1. The first-order valence-electron chi connectivity index (χ1n) is 4.80. The van der Waals surface area contributed by atoms with E-state index in [1.807, 2.05) is 0 Å². The number of halogens is 2. The first-order valence-corrected chi connectivity index (χ1v) is 5.17. The zero-order chi connectivity index (χ0) is 11.3. The van der Waals surface area contributed by atoms with E-state index >= 15 is 0 Å². The molecule has 0 saturated carbocycles. The second kappa shape index (κ2) is 5.83. The van der Waals surface area contributed by atoms with Crippen LogP contribution in [0.4, 0.5) is 4.39 Å². The fourth-order valence-corrected chi connectivity index (χ4v) is 1.52. The Morgan fingerprint density at radius 2 is 2.20 bits per heavy atom. The molecule has 15 heavy (non-hydrogen) atoms. The van der Waals surface area contributed by atoms with Crippen LogP contribution in [0.25, 0.3) is 0 Å². The minimum Gasteiger partial charge on any atom is -0.330 e. The lowest BCUT2D eigenvalue weighted by Crippen LogP contribution is -2.08. The molecule has 0 atom stereocenters. The Balaban J connectivity index is 2.68. The molecule has 0 spiro atoms. The van der Waals surface area contributed by atoms with Crippen molar-refractivity contribution < 1.29 is 9.18 Å². The average Bonchev–Trinajstić information content (AvgIpc) is 2.21. The van der Waals surface area contributed by atoms with Gasteiger partial charge in [-0.05, 0) is 25.1 Å². The molecule has 1 aromatic rings. The number of Topliss-reactive ketones (excluding diaryl/α,β-unsaturated/α-hetero) is 1. The van der Waals surface area contributed by atoms with Crippen molar-refractivity contribution in [2.45, 2.75) is 19.3 Å². The molecule has 1 aromatic carbocycles. The molecule has 2 N–H and O–H groups in total. The predicted octanol–water partition coefficient (Wildman–Crippen LogP) is 2.33. The molecule has 82 valence electrons. The molecule has 0 aliphatic carbocycles. The van der Waals surface area contributed by atoms with Gasteiger partial charge in [0.1, 0.15) is 11.6 Å². The Bertz CT molecular complexity index is 334. The van der Waals surface area contributed by atoms with Crippen molar-refractivity contribution in [3.8, 4) is 0 Å². The van der Waals surface area contributed by atoms with Gasteiger partial charge in [-0.3, -0.25) is 4.79 Å². The Kier molecular flexibility index (Phi) is 4.72. The van der Waals surface area contributed by atoms with Crippen LogP contribution >= 0.6 is 11.6 Å². The highest BCUT2D eigenvalue weighted by Crippen LogP contribution is 2.20. The first kappa shape index (κ1) is 12.1. The number of carbonyl (C=O) groups is 1. The summed E-state index contributed by atoms with van der Waals surface area (Å²) in [4.78, 5) is 11.4. The molecule has 0 fully saturated rings. The summed E-state index contributed by atoms with van der Waals surface area (Å²) in [7, 11) is 0. The van der Waals surface area contributed by atoms with Gasteiger partial charge >= 0.3 is 0 Å². The summed E-state index contributed by atoms with van der Waals surface area (Å²) < 4.78 is 13.3. The number of hydrogen-bond donors (Lipinski definition) is 1. The van der Waals surface area contributed by atoms with Crippen molar-refractivity contribution in [1.82, 2.24) is 0 Å². The van der Waals surface area contributed by atoms with Crippen LogP contribution in [-0.4, -0.2) is 12.3 Å². The minimum atomic E-state index is -0.427. The molecule has 4 heteroatoms. The van der Waals surface area contributed by atoms with Crippen molar-refractivity contribution in [3.05, 3.63) is 34.6 Å². The molecule has 0 aromatic heterocycles.